The van der Waals surface area contributed by atoms with E-state index in [1.807, 2.05) is 31.4 Å². The van der Waals surface area contributed by atoms with Crippen molar-refractivity contribution in [2.45, 2.75) is 26.1 Å². The molecule has 22 heavy (non-hydrogen) atoms. The van der Waals surface area contributed by atoms with Crippen molar-refractivity contribution in [3.05, 3.63) is 39.6 Å². The quantitative estimate of drug-likeness (QED) is 0.915. The second-order valence-electron chi connectivity index (χ2n) is 5.42. The van der Waals surface area contributed by atoms with E-state index in [9.17, 15) is 9.59 Å². The van der Waals surface area contributed by atoms with Crippen molar-refractivity contribution in [2.24, 2.45) is 0 Å². The molecule has 1 aliphatic rings. The van der Waals surface area contributed by atoms with Crippen molar-refractivity contribution in [1.29, 1.82) is 0 Å². The van der Waals surface area contributed by atoms with Gasteiger partial charge in [-0.15, -0.1) is 11.3 Å². The third-order valence-corrected chi connectivity index (χ3v) is 4.37. The van der Waals surface area contributed by atoms with Gasteiger partial charge < -0.3 is 14.6 Å². The maximum Gasteiger partial charge on any atom is 0.264 e. The number of nitrogens with zero attached hydrogens (tertiary/aromatic N) is 2. The fourth-order valence-electron chi connectivity index (χ4n) is 2.60. The molecule has 3 heterocycles. The summed E-state index contributed by atoms with van der Waals surface area (Å²) in [5, 5.41) is 1.91. The van der Waals surface area contributed by atoms with Crippen molar-refractivity contribution >= 4 is 17.2 Å². The van der Waals surface area contributed by atoms with Gasteiger partial charge in [0.1, 0.15) is 11.4 Å². The molecule has 1 aliphatic heterocycles. The zero-order valence-electron chi connectivity index (χ0n) is 12.4. The first kappa shape index (κ1) is 14.9. The maximum absolute atomic E-state index is 12.5. The summed E-state index contributed by atoms with van der Waals surface area (Å²) in [6.07, 6.45) is 1.29. The lowest BCUT2D eigenvalue weighted by atomic mass is 10.2. The molecule has 0 saturated carbocycles. The van der Waals surface area contributed by atoms with Gasteiger partial charge in [0.25, 0.3) is 11.5 Å². The Morgan fingerprint density at radius 1 is 1.41 bits per heavy atom. The molecule has 3 rings (SSSR count). The number of rotatable bonds is 2. The number of carbonyl (C=O) groups excluding carboxylic acids is 1. The van der Waals surface area contributed by atoms with Crippen LogP contribution < -0.4 is 5.56 Å². The molecule has 0 aliphatic carbocycles. The second-order valence-corrected chi connectivity index (χ2v) is 6.37. The summed E-state index contributed by atoms with van der Waals surface area (Å²) in [4.78, 5) is 34.1. The number of hydrogen-bond acceptors (Lipinski definition) is 5. The average Bonchev–Trinajstić information content (AvgIpc) is 2.99. The van der Waals surface area contributed by atoms with E-state index < -0.39 is 5.56 Å². The number of carbonyl (C=O) groups is 1. The van der Waals surface area contributed by atoms with E-state index in [1.54, 1.807) is 4.90 Å². The molecule has 0 aromatic carbocycles. The number of aromatic nitrogens is 2. The SMILES string of the molecule is C[C@@H]1CN(C(=O)c2cnc(-c3cccs3)[nH]c2=O)C[C@H](C)O1. The number of ether oxygens (including phenoxy) is 1. The van der Waals surface area contributed by atoms with E-state index in [4.69, 9.17) is 4.74 Å². The van der Waals surface area contributed by atoms with Gasteiger partial charge in [-0.3, -0.25) is 9.59 Å². The molecule has 2 aromatic heterocycles. The van der Waals surface area contributed by atoms with E-state index in [0.29, 0.717) is 18.9 Å². The highest BCUT2D eigenvalue weighted by Crippen LogP contribution is 2.19. The van der Waals surface area contributed by atoms with Crippen molar-refractivity contribution in [2.75, 3.05) is 13.1 Å². The average molecular weight is 319 g/mol. The highest BCUT2D eigenvalue weighted by Gasteiger charge is 2.28. The third-order valence-electron chi connectivity index (χ3n) is 3.49. The number of H-pyrrole nitrogens is 1. The molecule has 1 fully saturated rings. The molecule has 1 N–H and O–H groups in total. The van der Waals surface area contributed by atoms with Crippen molar-refractivity contribution in [3.8, 4) is 10.7 Å². The molecule has 0 radical (unpaired) electrons. The first-order valence-corrected chi connectivity index (χ1v) is 8.00. The molecule has 0 bridgehead atoms. The van der Waals surface area contributed by atoms with Gasteiger partial charge in [0.15, 0.2) is 0 Å². The van der Waals surface area contributed by atoms with Crippen molar-refractivity contribution in [1.82, 2.24) is 14.9 Å². The number of nitrogens with one attached hydrogen (secondary N) is 1. The monoisotopic (exact) mass is 319 g/mol. The number of aromatic amines is 1. The lowest BCUT2D eigenvalue weighted by Crippen LogP contribution is -2.49. The van der Waals surface area contributed by atoms with Gasteiger partial charge in [-0.1, -0.05) is 6.07 Å². The molecule has 2 atom stereocenters. The molecule has 1 saturated heterocycles. The van der Waals surface area contributed by atoms with Crippen LogP contribution >= 0.6 is 11.3 Å². The molecule has 116 valence electrons. The van der Waals surface area contributed by atoms with Gasteiger partial charge in [-0.2, -0.15) is 0 Å². The molecule has 2 aromatic rings. The molecule has 6 nitrogen and oxygen atoms in total. The fraction of sp³-hybridized carbons (Fsp3) is 0.400. The highest BCUT2D eigenvalue weighted by atomic mass is 32.1. The van der Waals surface area contributed by atoms with E-state index in [-0.39, 0.29) is 23.7 Å². The number of hydrogen-bond donors (Lipinski definition) is 1. The standard InChI is InChI=1S/C15H17N3O3S/c1-9-7-18(8-10(2)21-9)15(20)11-6-16-13(17-14(11)19)12-4-3-5-22-12/h3-6,9-10H,7-8H2,1-2H3,(H,16,17,19)/t9-,10+. The van der Waals surface area contributed by atoms with Crippen LogP contribution in [0, 0.1) is 0 Å². The summed E-state index contributed by atoms with van der Waals surface area (Å²) in [5.41, 5.74) is -0.336. The van der Waals surface area contributed by atoms with Gasteiger partial charge >= 0.3 is 0 Å². The predicted octanol–water partition coefficient (Wildman–Crippen LogP) is 1.75. The van der Waals surface area contributed by atoms with Crippen LogP contribution in [-0.4, -0.2) is 46.1 Å². The van der Waals surface area contributed by atoms with Gasteiger partial charge in [-0.05, 0) is 25.3 Å². The van der Waals surface area contributed by atoms with E-state index in [2.05, 4.69) is 9.97 Å². The zero-order valence-corrected chi connectivity index (χ0v) is 13.2. The minimum Gasteiger partial charge on any atom is -0.372 e. The van der Waals surface area contributed by atoms with Crippen molar-refractivity contribution in [3.63, 3.8) is 0 Å². The Morgan fingerprint density at radius 3 is 2.73 bits per heavy atom. The summed E-state index contributed by atoms with van der Waals surface area (Å²) in [6.45, 7) is 4.79. The van der Waals surface area contributed by atoms with Gasteiger partial charge in [0, 0.05) is 19.3 Å². The normalized spacial score (nSPS) is 21.8. The van der Waals surface area contributed by atoms with Crippen LogP contribution in [0.1, 0.15) is 24.2 Å². The summed E-state index contributed by atoms with van der Waals surface area (Å²) in [5.74, 6) is 0.189. The number of amides is 1. The Hall–Kier alpha value is -1.99. The zero-order chi connectivity index (χ0) is 15.7. The lowest BCUT2D eigenvalue weighted by molar-refractivity contribution is -0.0586. The Bertz CT molecular complexity index is 716. The molecule has 1 amide bonds. The summed E-state index contributed by atoms with van der Waals surface area (Å²) < 4.78 is 5.61. The molecular formula is C15H17N3O3S. The first-order valence-electron chi connectivity index (χ1n) is 7.12. The third kappa shape index (κ3) is 2.95. The van der Waals surface area contributed by atoms with E-state index in [0.717, 1.165) is 4.88 Å². The minimum absolute atomic E-state index is 0.0369. The van der Waals surface area contributed by atoms with E-state index in [1.165, 1.54) is 17.5 Å². The Kier molecular flexibility index (Phi) is 4.08. The molecule has 0 spiro atoms. The van der Waals surface area contributed by atoms with Crippen LogP contribution in [0.15, 0.2) is 28.5 Å². The number of morpholine rings is 1. The lowest BCUT2D eigenvalue weighted by Gasteiger charge is -2.35. The summed E-state index contributed by atoms with van der Waals surface area (Å²) >= 11 is 1.48. The summed E-state index contributed by atoms with van der Waals surface area (Å²) in [6, 6.07) is 3.76. The smallest absolute Gasteiger partial charge is 0.264 e. The highest BCUT2D eigenvalue weighted by molar-refractivity contribution is 7.13. The topological polar surface area (TPSA) is 75.3 Å². The minimum atomic E-state index is -0.407. The van der Waals surface area contributed by atoms with E-state index >= 15 is 0 Å². The molecule has 7 heteroatoms. The second kappa shape index (κ2) is 6.02. The van der Waals surface area contributed by atoms with Gasteiger partial charge in [-0.25, -0.2) is 4.98 Å². The Morgan fingerprint density at radius 2 is 2.14 bits per heavy atom. The van der Waals surface area contributed by atoms with Crippen LogP contribution in [0.5, 0.6) is 0 Å². The van der Waals surface area contributed by atoms with Gasteiger partial charge in [0.05, 0.1) is 17.1 Å². The summed E-state index contributed by atoms with van der Waals surface area (Å²) in [7, 11) is 0. The molecule has 0 unspecified atom stereocenters. The first-order chi connectivity index (χ1) is 10.5. The van der Waals surface area contributed by atoms with Crippen LogP contribution in [-0.2, 0) is 4.74 Å². The maximum atomic E-state index is 12.5. The predicted molar refractivity (Wildman–Crippen MR) is 84.1 cm³/mol. The Balaban J connectivity index is 1.85. The number of thiophene rings is 1. The van der Waals surface area contributed by atoms with Gasteiger partial charge in [0.2, 0.25) is 0 Å². The van der Waals surface area contributed by atoms with Crippen LogP contribution in [0.4, 0.5) is 0 Å². The largest absolute Gasteiger partial charge is 0.372 e. The Labute approximate surface area is 131 Å². The van der Waals surface area contributed by atoms with Crippen molar-refractivity contribution < 1.29 is 9.53 Å². The van der Waals surface area contributed by atoms with Crippen LogP contribution in [0.2, 0.25) is 0 Å². The fourth-order valence-corrected chi connectivity index (χ4v) is 3.28. The van der Waals surface area contributed by atoms with Crippen LogP contribution in [0.25, 0.3) is 10.7 Å². The van der Waals surface area contributed by atoms with Crippen LogP contribution in [0.3, 0.4) is 0 Å². The molecular weight excluding hydrogens is 302 g/mol.